The molecule has 0 spiro atoms. The first-order valence-corrected chi connectivity index (χ1v) is 6.06. The van der Waals surface area contributed by atoms with Gasteiger partial charge in [-0.15, -0.1) is 0 Å². The molecule has 0 saturated carbocycles. The van der Waals surface area contributed by atoms with Gasteiger partial charge in [-0.3, -0.25) is 4.90 Å². The molecule has 0 radical (unpaired) electrons. The maximum atomic E-state index is 5.86. The van der Waals surface area contributed by atoms with E-state index in [0.29, 0.717) is 6.10 Å². The predicted molar refractivity (Wildman–Crippen MR) is 63.5 cm³/mol. The number of nitrogens with zero attached hydrogens (tertiary/aromatic N) is 1. The first kappa shape index (κ1) is 10.1. The van der Waals surface area contributed by atoms with Crippen LogP contribution in [0.4, 0.5) is 0 Å². The molecule has 0 aromatic heterocycles. The van der Waals surface area contributed by atoms with Gasteiger partial charge in [0.05, 0.1) is 0 Å². The number of benzene rings is 1. The van der Waals surface area contributed by atoms with Crippen molar-refractivity contribution in [3.63, 3.8) is 0 Å². The van der Waals surface area contributed by atoms with E-state index in [1.54, 1.807) is 0 Å². The largest absolute Gasteiger partial charge is 0.488 e. The zero-order valence-electron chi connectivity index (χ0n) is 9.70. The van der Waals surface area contributed by atoms with Gasteiger partial charge in [-0.2, -0.15) is 0 Å². The fraction of sp³-hybridized carbons (Fsp3) is 0.538. The summed E-state index contributed by atoms with van der Waals surface area (Å²) in [4.78, 5) is 2.44. The third kappa shape index (κ3) is 1.81. The van der Waals surface area contributed by atoms with Crippen molar-refractivity contribution in [3.8, 4) is 5.75 Å². The summed E-state index contributed by atoms with van der Waals surface area (Å²) in [6.45, 7) is 7.47. The van der Waals surface area contributed by atoms with Crippen molar-refractivity contribution in [1.29, 1.82) is 0 Å². The fourth-order valence-electron chi connectivity index (χ4n) is 2.28. The molecule has 3 heteroatoms. The van der Waals surface area contributed by atoms with Gasteiger partial charge in [0.1, 0.15) is 11.9 Å². The average Bonchev–Trinajstić information content (AvgIpc) is 2.65. The number of hydrogen-bond acceptors (Lipinski definition) is 3. The SMILES string of the molecule is CCN1Cc2ccc(OC3CNC3)cc2C1. The Morgan fingerprint density at radius 1 is 1.31 bits per heavy atom. The van der Waals surface area contributed by atoms with E-state index in [2.05, 4.69) is 35.3 Å². The van der Waals surface area contributed by atoms with Crippen molar-refractivity contribution in [3.05, 3.63) is 29.3 Å². The van der Waals surface area contributed by atoms with Gasteiger partial charge in [-0.25, -0.2) is 0 Å². The Labute approximate surface area is 96.4 Å². The number of fused-ring (bicyclic) bond motifs is 1. The molecular formula is C13H18N2O. The highest BCUT2D eigenvalue weighted by Crippen LogP contribution is 2.27. The first-order chi connectivity index (χ1) is 7.85. The van der Waals surface area contributed by atoms with E-state index in [1.165, 1.54) is 11.1 Å². The summed E-state index contributed by atoms with van der Waals surface area (Å²) < 4.78 is 5.86. The lowest BCUT2D eigenvalue weighted by molar-refractivity contribution is 0.142. The number of nitrogens with one attached hydrogen (secondary N) is 1. The third-order valence-electron chi connectivity index (χ3n) is 3.46. The standard InChI is InChI=1S/C13H18N2O/c1-2-15-8-10-3-4-12(5-11(10)9-15)16-13-6-14-7-13/h3-5,13-14H,2,6-9H2,1H3. The third-order valence-corrected chi connectivity index (χ3v) is 3.46. The van der Waals surface area contributed by atoms with Crippen LogP contribution in [0.15, 0.2) is 18.2 Å². The van der Waals surface area contributed by atoms with Gasteiger partial charge in [0.2, 0.25) is 0 Å². The second-order valence-corrected chi connectivity index (χ2v) is 4.63. The quantitative estimate of drug-likeness (QED) is 0.829. The summed E-state index contributed by atoms with van der Waals surface area (Å²) in [5.74, 6) is 1.03. The molecule has 0 bridgehead atoms. The molecule has 86 valence electrons. The second kappa shape index (κ2) is 4.07. The normalized spacial score (nSPS) is 20.6. The lowest BCUT2D eigenvalue weighted by Gasteiger charge is -2.27. The van der Waals surface area contributed by atoms with Gasteiger partial charge in [-0.1, -0.05) is 13.0 Å². The summed E-state index contributed by atoms with van der Waals surface area (Å²) in [6.07, 6.45) is 0.377. The highest BCUT2D eigenvalue weighted by Gasteiger charge is 2.21. The molecule has 0 amide bonds. The molecule has 0 aliphatic carbocycles. The number of ether oxygens (including phenoxy) is 1. The zero-order valence-corrected chi connectivity index (χ0v) is 9.70. The van der Waals surface area contributed by atoms with Gasteiger partial charge in [0.25, 0.3) is 0 Å². The van der Waals surface area contributed by atoms with Crippen molar-refractivity contribution >= 4 is 0 Å². The van der Waals surface area contributed by atoms with Crippen LogP contribution in [0.3, 0.4) is 0 Å². The zero-order chi connectivity index (χ0) is 11.0. The van der Waals surface area contributed by atoms with Crippen LogP contribution < -0.4 is 10.1 Å². The first-order valence-electron chi connectivity index (χ1n) is 6.06. The lowest BCUT2D eigenvalue weighted by Crippen LogP contribution is -2.50. The Balaban J connectivity index is 1.73. The molecule has 1 N–H and O–H groups in total. The van der Waals surface area contributed by atoms with E-state index in [1.807, 2.05) is 0 Å². The molecule has 1 aromatic rings. The fourth-order valence-corrected chi connectivity index (χ4v) is 2.28. The van der Waals surface area contributed by atoms with E-state index in [4.69, 9.17) is 4.74 Å². The van der Waals surface area contributed by atoms with Crippen LogP contribution in [-0.2, 0) is 13.1 Å². The van der Waals surface area contributed by atoms with Gasteiger partial charge in [-0.05, 0) is 29.8 Å². The minimum atomic E-state index is 0.377. The number of rotatable bonds is 3. The van der Waals surface area contributed by atoms with Gasteiger partial charge < -0.3 is 10.1 Å². The van der Waals surface area contributed by atoms with E-state index < -0.39 is 0 Å². The average molecular weight is 218 g/mol. The minimum Gasteiger partial charge on any atom is -0.488 e. The van der Waals surface area contributed by atoms with Crippen molar-refractivity contribution < 1.29 is 4.74 Å². The van der Waals surface area contributed by atoms with Crippen molar-refractivity contribution in [2.24, 2.45) is 0 Å². The topological polar surface area (TPSA) is 24.5 Å². The molecule has 2 heterocycles. The van der Waals surface area contributed by atoms with Crippen LogP contribution in [0.2, 0.25) is 0 Å². The van der Waals surface area contributed by atoms with Gasteiger partial charge in [0, 0.05) is 26.2 Å². The Bertz CT molecular complexity index is 388. The van der Waals surface area contributed by atoms with E-state index >= 15 is 0 Å². The molecule has 1 saturated heterocycles. The summed E-state index contributed by atoms with van der Waals surface area (Å²) in [5, 5.41) is 3.22. The Hall–Kier alpha value is -1.06. The second-order valence-electron chi connectivity index (χ2n) is 4.63. The highest BCUT2D eigenvalue weighted by molar-refractivity contribution is 5.38. The van der Waals surface area contributed by atoms with E-state index in [0.717, 1.165) is 38.5 Å². The Morgan fingerprint density at radius 2 is 2.12 bits per heavy atom. The summed E-state index contributed by atoms with van der Waals surface area (Å²) >= 11 is 0. The number of hydrogen-bond donors (Lipinski definition) is 1. The molecule has 3 nitrogen and oxygen atoms in total. The van der Waals surface area contributed by atoms with Crippen LogP contribution in [0.25, 0.3) is 0 Å². The maximum absolute atomic E-state index is 5.86. The molecule has 3 rings (SSSR count). The summed E-state index contributed by atoms with van der Waals surface area (Å²) in [7, 11) is 0. The minimum absolute atomic E-state index is 0.377. The maximum Gasteiger partial charge on any atom is 0.123 e. The molecule has 0 unspecified atom stereocenters. The summed E-state index contributed by atoms with van der Waals surface area (Å²) in [6, 6.07) is 6.53. The smallest absolute Gasteiger partial charge is 0.123 e. The molecule has 2 aliphatic rings. The van der Waals surface area contributed by atoms with Crippen LogP contribution >= 0.6 is 0 Å². The lowest BCUT2D eigenvalue weighted by atomic mass is 10.1. The van der Waals surface area contributed by atoms with Crippen LogP contribution in [-0.4, -0.2) is 30.6 Å². The van der Waals surface area contributed by atoms with Gasteiger partial charge >= 0.3 is 0 Å². The Morgan fingerprint density at radius 3 is 2.81 bits per heavy atom. The molecule has 2 aliphatic heterocycles. The van der Waals surface area contributed by atoms with Gasteiger partial charge in [0.15, 0.2) is 0 Å². The van der Waals surface area contributed by atoms with Crippen LogP contribution in [0.1, 0.15) is 18.1 Å². The predicted octanol–water partition coefficient (Wildman–Crippen LogP) is 1.37. The molecule has 0 atom stereocenters. The monoisotopic (exact) mass is 218 g/mol. The molecule has 1 aromatic carbocycles. The Kier molecular flexibility index (Phi) is 2.58. The summed E-state index contributed by atoms with van der Waals surface area (Å²) in [5.41, 5.74) is 2.90. The highest BCUT2D eigenvalue weighted by atomic mass is 16.5. The molecule has 16 heavy (non-hydrogen) atoms. The van der Waals surface area contributed by atoms with E-state index in [-0.39, 0.29) is 0 Å². The van der Waals surface area contributed by atoms with Crippen LogP contribution in [0.5, 0.6) is 5.75 Å². The molecular weight excluding hydrogens is 200 g/mol. The van der Waals surface area contributed by atoms with Crippen molar-refractivity contribution in [2.75, 3.05) is 19.6 Å². The molecule has 1 fully saturated rings. The van der Waals surface area contributed by atoms with Crippen molar-refractivity contribution in [1.82, 2.24) is 10.2 Å². The van der Waals surface area contributed by atoms with Crippen molar-refractivity contribution in [2.45, 2.75) is 26.1 Å². The van der Waals surface area contributed by atoms with E-state index in [9.17, 15) is 0 Å². The van der Waals surface area contributed by atoms with Crippen LogP contribution in [0, 0.1) is 0 Å².